The summed E-state index contributed by atoms with van der Waals surface area (Å²) in [7, 11) is 0. The minimum absolute atomic E-state index is 0.0139. The van der Waals surface area contributed by atoms with Crippen molar-refractivity contribution in [3.05, 3.63) is 63.9 Å². The first-order valence-electron chi connectivity index (χ1n) is 9.33. The maximum absolute atomic E-state index is 12.9. The summed E-state index contributed by atoms with van der Waals surface area (Å²) in [5.41, 5.74) is 0.893. The van der Waals surface area contributed by atoms with Crippen LogP contribution in [0.5, 0.6) is 5.75 Å². The van der Waals surface area contributed by atoms with Crippen LogP contribution in [0.15, 0.2) is 42.5 Å². The average Bonchev–Trinajstić information content (AvgIpc) is 2.70. The lowest BCUT2D eigenvalue weighted by molar-refractivity contribution is -0.126. The molecule has 0 radical (unpaired) electrons. The Kier molecular flexibility index (Phi) is 7.54. The standard InChI is InChI=1S/C21H23Cl2FN2O2/c22-17-3-6-19(23)20(13-17)28-12-11-26-9-7-16(8-10-26)21(27)25-14-15-1-4-18(24)5-2-15/h1-6,13,16H,7-12,14H2,(H,25,27). The lowest BCUT2D eigenvalue weighted by Crippen LogP contribution is -2.41. The summed E-state index contributed by atoms with van der Waals surface area (Å²) < 4.78 is 18.6. The van der Waals surface area contributed by atoms with Gasteiger partial charge < -0.3 is 10.1 Å². The zero-order valence-electron chi connectivity index (χ0n) is 15.5. The Morgan fingerprint density at radius 1 is 1.14 bits per heavy atom. The molecule has 1 aliphatic heterocycles. The number of hydrogen-bond acceptors (Lipinski definition) is 3. The van der Waals surface area contributed by atoms with E-state index < -0.39 is 0 Å². The predicted octanol–water partition coefficient (Wildman–Crippen LogP) is 4.54. The van der Waals surface area contributed by atoms with Gasteiger partial charge in [-0.3, -0.25) is 9.69 Å². The van der Waals surface area contributed by atoms with Crippen LogP contribution in [0.4, 0.5) is 4.39 Å². The van der Waals surface area contributed by atoms with Crippen molar-refractivity contribution in [1.82, 2.24) is 10.2 Å². The molecule has 0 spiro atoms. The van der Waals surface area contributed by atoms with Crippen LogP contribution in [-0.2, 0) is 11.3 Å². The van der Waals surface area contributed by atoms with Crippen molar-refractivity contribution < 1.29 is 13.9 Å². The molecule has 2 aromatic rings. The van der Waals surface area contributed by atoms with E-state index in [4.69, 9.17) is 27.9 Å². The largest absolute Gasteiger partial charge is 0.491 e. The highest BCUT2D eigenvalue weighted by atomic mass is 35.5. The smallest absolute Gasteiger partial charge is 0.223 e. The molecule has 0 aliphatic carbocycles. The summed E-state index contributed by atoms with van der Waals surface area (Å²) in [4.78, 5) is 14.6. The van der Waals surface area contributed by atoms with Crippen molar-refractivity contribution in [3.8, 4) is 5.75 Å². The van der Waals surface area contributed by atoms with E-state index in [1.165, 1.54) is 12.1 Å². The number of nitrogens with one attached hydrogen (secondary N) is 1. The fourth-order valence-corrected chi connectivity index (χ4v) is 3.56. The van der Waals surface area contributed by atoms with Gasteiger partial charge in [-0.1, -0.05) is 35.3 Å². The minimum atomic E-state index is -0.274. The van der Waals surface area contributed by atoms with Gasteiger partial charge in [-0.25, -0.2) is 4.39 Å². The van der Waals surface area contributed by atoms with Gasteiger partial charge in [-0.05, 0) is 55.8 Å². The fraction of sp³-hybridized carbons (Fsp3) is 0.381. The van der Waals surface area contributed by atoms with E-state index in [0.717, 1.165) is 38.0 Å². The second kappa shape index (κ2) is 10.1. The molecule has 7 heteroatoms. The lowest BCUT2D eigenvalue weighted by Gasteiger charge is -2.31. The Morgan fingerprint density at radius 3 is 2.57 bits per heavy atom. The van der Waals surface area contributed by atoms with Crippen molar-refractivity contribution in [2.75, 3.05) is 26.2 Å². The van der Waals surface area contributed by atoms with Crippen molar-refractivity contribution >= 4 is 29.1 Å². The van der Waals surface area contributed by atoms with Crippen LogP contribution in [0, 0.1) is 11.7 Å². The van der Waals surface area contributed by atoms with Gasteiger partial charge in [0.25, 0.3) is 0 Å². The van der Waals surface area contributed by atoms with Crippen molar-refractivity contribution in [2.45, 2.75) is 19.4 Å². The zero-order valence-corrected chi connectivity index (χ0v) is 17.0. The number of piperidine rings is 1. The summed E-state index contributed by atoms with van der Waals surface area (Å²) in [6.45, 7) is 3.41. The number of rotatable bonds is 7. The second-order valence-corrected chi connectivity index (χ2v) is 7.73. The molecule has 4 nitrogen and oxygen atoms in total. The second-order valence-electron chi connectivity index (χ2n) is 6.88. The molecule has 2 aromatic carbocycles. The molecule has 150 valence electrons. The SMILES string of the molecule is O=C(NCc1ccc(F)cc1)C1CCN(CCOc2cc(Cl)ccc2Cl)CC1. The summed E-state index contributed by atoms with van der Waals surface area (Å²) >= 11 is 12.1. The topological polar surface area (TPSA) is 41.6 Å². The number of halogens is 3. The molecule has 0 saturated carbocycles. The molecule has 28 heavy (non-hydrogen) atoms. The van der Waals surface area contributed by atoms with Crippen LogP contribution in [-0.4, -0.2) is 37.0 Å². The predicted molar refractivity (Wildman–Crippen MR) is 109 cm³/mol. The third-order valence-corrected chi connectivity index (χ3v) is 5.44. The first-order chi connectivity index (χ1) is 13.5. The van der Waals surface area contributed by atoms with Gasteiger partial charge in [0.05, 0.1) is 5.02 Å². The van der Waals surface area contributed by atoms with E-state index in [-0.39, 0.29) is 17.6 Å². The van der Waals surface area contributed by atoms with Gasteiger partial charge in [0.15, 0.2) is 0 Å². The van der Waals surface area contributed by atoms with Crippen LogP contribution in [0.3, 0.4) is 0 Å². The number of ether oxygens (including phenoxy) is 1. The highest BCUT2D eigenvalue weighted by Gasteiger charge is 2.24. The molecule has 3 rings (SSSR count). The molecule has 1 N–H and O–H groups in total. The van der Waals surface area contributed by atoms with Crippen molar-refractivity contribution in [3.63, 3.8) is 0 Å². The van der Waals surface area contributed by atoms with Gasteiger partial charge in [-0.2, -0.15) is 0 Å². The molecule has 0 aromatic heterocycles. The monoisotopic (exact) mass is 424 g/mol. The highest BCUT2D eigenvalue weighted by molar-refractivity contribution is 6.34. The third-order valence-electron chi connectivity index (χ3n) is 4.90. The first-order valence-corrected chi connectivity index (χ1v) is 10.1. The van der Waals surface area contributed by atoms with Gasteiger partial charge >= 0.3 is 0 Å². The summed E-state index contributed by atoms with van der Waals surface area (Å²) in [6, 6.07) is 11.3. The maximum Gasteiger partial charge on any atom is 0.223 e. The molecule has 1 heterocycles. The van der Waals surface area contributed by atoms with Gasteiger partial charge in [0, 0.05) is 30.1 Å². The van der Waals surface area contributed by atoms with Crippen LogP contribution in [0.1, 0.15) is 18.4 Å². The average molecular weight is 425 g/mol. The molecular weight excluding hydrogens is 402 g/mol. The summed E-state index contributed by atoms with van der Waals surface area (Å²) in [5.74, 6) is 0.388. The van der Waals surface area contributed by atoms with E-state index in [9.17, 15) is 9.18 Å². The van der Waals surface area contributed by atoms with E-state index in [1.54, 1.807) is 30.3 Å². The molecular formula is C21H23Cl2FN2O2. The third kappa shape index (κ3) is 6.09. The summed E-state index contributed by atoms with van der Waals surface area (Å²) in [5, 5.41) is 4.08. The number of carbonyl (C=O) groups excluding carboxylic acids is 1. The van der Waals surface area contributed by atoms with E-state index >= 15 is 0 Å². The quantitative estimate of drug-likeness (QED) is 0.709. The Bertz CT molecular complexity index is 793. The molecule has 0 unspecified atom stereocenters. The Morgan fingerprint density at radius 2 is 1.86 bits per heavy atom. The Hall–Kier alpha value is -1.82. The Labute approximate surface area is 174 Å². The summed E-state index contributed by atoms with van der Waals surface area (Å²) in [6.07, 6.45) is 1.63. The lowest BCUT2D eigenvalue weighted by atomic mass is 9.96. The van der Waals surface area contributed by atoms with Gasteiger partial charge in [0.1, 0.15) is 18.2 Å². The molecule has 1 aliphatic rings. The maximum atomic E-state index is 12.9. The number of nitrogens with zero attached hydrogens (tertiary/aromatic N) is 1. The number of carbonyl (C=O) groups is 1. The number of benzene rings is 2. The van der Waals surface area contributed by atoms with Crippen molar-refractivity contribution in [1.29, 1.82) is 0 Å². The molecule has 0 atom stereocenters. The fourth-order valence-electron chi connectivity index (χ4n) is 3.23. The van der Waals surface area contributed by atoms with E-state index in [2.05, 4.69) is 10.2 Å². The van der Waals surface area contributed by atoms with Crippen LogP contribution in [0.25, 0.3) is 0 Å². The first kappa shape index (κ1) is 20.9. The molecule has 0 bridgehead atoms. The van der Waals surface area contributed by atoms with Crippen LogP contribution >= 0.6 is 23.2 Å². The minimum Gasteiger partial charge on any atom is -0.491 e. The van der Waals surface area contributed by atoms with Crippen LogP contribution in [0.2, 0.25) is 10.0 Å². The molecule has 1 fully saturated rings. The molecule has 1 amide bonds. The Balaban J connectivity index is 1.36. The zero-order chi connectivity index (χ0) is 19.9. The van der Waals surface area contributed by atoms with E-state index in [1.807, 2.05) is 0 Å². The van der Waals surface area contributed by atoms with Gasteiger partial charge in [0.2, 0.25) is 5.91 Å². The van der Waals surface area contributed by atoms with Crippen molar-refractivity contribution in [2.24, 2.45) is 5.92 Å². The molecule has 1 saturated heterocycles. The highest BCUT2D eigenvalue weighted by Crippen LogP contribution is 2.27. The number of hydrogen-bond donors (Lipinski definition) is 1. The normalized spacial score (nSPS) is 15.4. The number of amides is 1. The number of likely N-dealkylation sites (tertiary alicyclic amines) is 1. The van der Waals surface area contributed by atoms with Crippen LogP contribution < -0.4 is 10.1 Å². The van der Waals surface area contributed by atoms with E-state index in [0.29, 0.717) is 28.9 Å². The van der Waals surface area contributed by atoms with Gasteiger partial charge in [-0.15, -0.1) is 0 Å².